The molecule has 436 valence electrons. The van der Waals surface area contributed by atoms with E-state index < -0.39 is 88.7 Å². The number of hydrogen-bond donors (Lipinski definition) is 2. The number of esters is 2. The Bertz CT molecular complexity index is 2720. The van der Waals surface area contributed by atoms with E-state index in [1.54, 1.807) is 103 Å². The van der Waals surface area contributed by atoms with Gasteiger partial charge in [-0.1, -0.05) is 77.9 Å². The van der Waals surface area contributed by atoms with Gasteiger partial charge in [0.2, 0.25) is 23.4 Å². The number of ketones is 2. The third-order valence-corrected chi connectivity index (χ3v) is 15.7. The first kappa shape index (κ1) is 62.4. The number of aryl methyl sites for hydroxylation is 2. The maximum atomic E-state index is 14.2. The van der Waals surface area contributed by atoms with Gasteiger partial charge in [0.1, 0.15) is 30.7 Å². The molecule has 6 rings (SSSR count). The van der Waals surface area contributed by atoms with E-state index in [-0.39, 0.29) is 25.9 Å². The zero-order valence-electron chi connectivity index (χ0n) is 48.6. The minimum Gasteiger partial charge on any atom is -0.493 e. The van der Waals surface area contributed by atoms with E-state index in [4.69, 9.17) is 28.4 Å². The monoisotopic (exact) mass is 1120 g/mol. The Labute approximate surface area is 475 Å². The molecule has 0 saturated carbocycles. The molecule has 81 heavy (non-hydrogen) atoms. The van der Waals surface area contributed by atoms with E-state index in [0.29, 0.717) is 110 Å². The van der Waals surface area contributed by atoms with Gasteiger partial charge < -0.3 is 48.9 Å². The van der Waals surface area contributed by atoms with Crippen molar-refractivity contribution in [2.45, 2.75) is 149 Å². The number of piperidine rings is 2. The molecule has 2 N–H and O–H groups in total. The Morgan fingerprint density at radius 3 is 1.26 bits per heavy atom. The van der Waals surface area contributed by atoms with Crippen molar-refractivity contribution in [2.75, 3.05) is 52.2 Å². The topological polar surface area (TPSA) is 222 Å². The largest absolute Gasteiger partial charge is 0.493 e. The third-order valence-electron chi connectivity index (χ3n) is 15.7. The molecular formula is C63H80N4O14. The van der Waals surface area contributed by atoms with Crippen LogP contribution >= 0.6 is 0 Å². The summed E-state index contributed by atoms with van der Waals surface area (Å²) in [5, 5.41) is 5.60. The van der Waals surface area contributed by atoms with E-state index >= 15 is 0 Å². The van der Waals surface area contributed by atoms with E-state index in [2.05, 4.69) is 10.6 Å². The summed E-state index contributed by atoms with van der Waals surface area (Å²) in [7, 11) is 6.17. The van der Waals surface area contributed by atoms with Gasteiger partial charge in [-0.15, -0.1) is 0 Å². The van der Waals surface area contributed by atoms with Gasteiger partial charge in [-0.2, -0.15) is 0 Å². The lowest BCUT2D eigenvalue weighted by Gasteiger charge is -2.36. The highest BCUT2D eigenvalue weighted by Crippen LogP contribution is 2.35. The molecule has 2 saturated heterocycles. The fourth-order valence-corrected chi connectivity index (χ4v) is 9.88. The first-order valence-corrected chi connectivity index (χ1v) is 28.0. The normalized spacial score (nSPS) is 16.2. The van der Waals surface area contributed by atoms with E-state index in [0.717, 1.165) is 11.1 Å². The number of hydrogen-bond acceptors (Lipinski definition) is 14. The Morgan fingerprint density at radius 2 is 0.901 bits per heavy atom. The summed E-state index contributed by atoms with van der Waals surface area (Å²) < 4.78 is 34.5. The molecule has 2 aliphatic rings. The van der Waals surface area contributed by atoms with Crippen molar-refractivity contribution in [1.82, 2.24) is 9.80 Å². The Kier molecular flexibility index (Phi) is 22.0. The van der Waals surface area contributed by atoms with Gasteiger partial charge in [-0.3, -0.25) is 28.8 Å². The van der Waals surface area contributed by atoms with Crippen LogP contribution in [0.2, 0.25) is 0 Å². The highest BCUT2D eigenvalue weighted by molar-refractivity contribution is 6.38. The molecule has 4 amide bonds. The van der Waals surface area contributed by atoms with Crippen LogP contribution in [-0.2, 0) is 60.7 Å². The van der Waals surface area contributed by atoms with Crippen LogP contribution in [0.4, 0.5) is 11.4 Å². The summed E-state index contributed by atoms with van der Waals surface area (Å²) in [4.78, 5) is 112. The lowest BCUT2D eigenvalue weighted by Crippen LogP contribution is -2.53. The molecule has 0 spiro atoms. The number of nitrogens with one attached hydrogen (secondary N) is 2. The Hall–Kier alpha value is -7.76. The van der Waals surface area contributed by atoms with Crippen LogP contribution < -0.4 is 29.6 Å². The number of ether oxygens (including phenoxy) is 6. The molecule has 4 atom stereocenters. The number of benzene rings is 4. The standard InChI is InChI=1S/C63H80N4O14/c1-11-62(3,4)56(70)58(72)66-33-15-13-23-46(66)60(74)80-48(29-25-40-27-31-50(76-7)52(35-40)78-9)42-19-17-21-44(37-42)64-54(68)39-55(69)65-45-22-18-20-43(38-45)49(30-26-41-28-32-51(77-8)53(36-41)79-10)81-61(75)47-24-14-16-34-67(47)59(73)57(71)63(5,6)12-2/h17-22,27-28,31-32,35-38,46-49H,11-16,23-26,29-30,33-34,39H2,1-10H3,(H,64,68)(H,65,69)/t46-,47-,48+,49+/m0/s1. The number of carbonyl (C=O) groups excluding carboxylic acids is 8. The average Bonchev–Trinajstić information content (AvgIpc) is 3.51. The number of carbonyl (C=O) groups is 8. The van der Waals surface area contributed by atoms with Crippen molar-refractivity contribution in [1.29, 1.82) is 0 Å². The molecule has 0 radical (unpaired) electrons. The maximum Gasteiger partial charge on any atom is 0.329 e. The zero-order chi connectivity index (χ0) is 59.0. The second kappa shape index (κ2) is 28.6. The molecular weight excluding hydrogens is 1040 g/mol. The summed E-state index contributed by atoms with van der Waals surface area (Å²) in [5.41, 5.74) is 1.67. The number of nitrogens with zero attached hydrogens (tertiary/aromatic N) is 2. The summed E-state index contributed by atoms with van der Waals surface area (Å²) in [5.74, 6) is -2.94. The Morgan fingerprint density at radius 1 is 0.519 bits per heavy atom. The summed E-state index contributed by atoms with van der Waals surface area (Å²) in [6.07, 6.45) is 3.26. The first-order chi connectivity index (χ1) is 38.7. The summed E-state index contributed by atoms with van der Waals surface area (Å²) >= 11 is 0. The number of Topliss-reactive ketones (excluding diaryl/α,β-unsaturated/α-hetero) is 2. The lowest BCUT2D eigenvalue weighted by molar-refractivity contribution is -0.165. The number of amides is 4. The smallest absolute Gasteiger partial charge is 0.329 e. The fourth-order valence-electron chi connectivity index (χ4n) is 9.88. The maximum absolute atomic E-state index is 14.2. The highest BCUT2D eigenvalue weighted by Gasteiger charge is 2.43. The molecule has 2 heterocycles. The van der Waals surface area contributed by atoms with Crippen LogP contribution in [0.15, 0.2) is 84.9 Å². The molecule has 0 aromatic heterocycles. The van der Waals surface area contributed by atoms with Crippen molar-refractivity contribution in [3.05, 3.63) is 107 Å². The van der Waals surface area contributed by atoms with Crippen molar-refractivity contribution in [2.24, 2.45) is 10.8 Å². The minimum atomic E-state index is -0.973. The van der Waals surface area contributed by atoms with E-state index in [9.17, 15) is 38.4 Å². The average molecular weight is 1120 g/mol. The lowest BCUT2D eigenvalue weighted by atomic mass is 9.84. The zero-order valence-corrected chi connectivity index (χ0v) is 48.6. The van der Waals surface area contributed by atoms with Gasteiger partial charge in [0.05, 0.1) is 28.4 Å². The molecule has 0 aliphatic carbocycles. The van der Waals surface area contributed by atoms with E-state index in [1.807, 2.05) is 38.1 Å². The number of anilines is 2. The number of methoxy groups -OCH3 is 4. The van der Waals surface area contributed by atoms with Gasteiger partial charge in [0.25, 0.3) is 11.8 Å². The van der Waals surface area contributed by atoms with Crippen LogP contribution in [0, 0.1) is 10.8 Å². The summed E-state index contributed by atoms with van der Waals surface area (Å²) in [6.45, 7) is 11.0. The molecule has 4 aromatic rings. The van der Waals surface area contributed by atoms with Gasteiger partial charge >= 0.3 is 11.9 Å². The predicted octanol–water partition coefficient (Wildman–Crippen LogP) is 9.90. The number of rotatable bonds is 26. The van der Waals surface area contributed by atoms with Crippen LogP contribution in [0.1, 0.15) is 147 Å². The second-order valence-corrected chi connectivity index (χ2v) is 22.0. The van der Waals surface area contributed by atoms with E-state index in [1.165, 1.54) is 24.0 Å². The minimum absolute atomic E-state index is 0.241. The predicted molar refractivity (Wildman–Crippen MR) is 305 cm³/mol. The molecule has 18 heteroatoms. The third kappa shape index (κ3) is 16.2. The van der Waals surface area contributed by atoms with Gasteiger partial charge in [0.15, 0.2) is 23.0 Å². The fraction of sp³-hybridized carbons (Fsp3) is 0.492. The number of likely N-dealkylation sites (tertiary alicyclic amines) is 2. The van der Waals surface area contributed by atoms with Crippen LogP contribution in [0.25, 0.3) is 0 Å². The quantitative estimate of drug-likeness (QED) is 0.0339. The second-order valence-electron chi connectivity index (χ2n) is 22.0. The van der Waals surface area contributed by atoms with Crippen molar-refractivity contribution >= 4 is 58.5 Å². The van der Waals surface area contributed by atoms with Crippen molar-refractivity contribution in [3.8, 4) is 23.0 Å². The van der Waals surface area contributed by atoms with Crippen molar-refractivity contribution < 1.29 is 66.8 Å². The molecule has 2 fully saturated rings. The summed E-state index contributed by atoms with van der Waals surface area (Å²) in [6, 6.07) is 22.6. The van der Waals surface area contributed by atoms with Crippen LogP contribution in [0.5, 0.6) is 23.0 Å². The van der Waals surface area contributed by atoms with Crippen molar-refractivity contribution in [3.63, 3.8) is 0 Å². The van der Waals surface area contributed by atoms with Gasteiger partial charge in [-0.05, 0) is 148 Å². The molecule has 0 bridgehead atoms. The van der Waals surface area contributed by atoms with Gasteiger partial charge in [-0.25, -0.2) is 9.59 Å². The molecule has 18 nitrogen and oxygen atoms in total. The van der Waals surface area contributed by atoms with Crippen LogP contribution in [-0.4, -0.2) is 111 Å². The molecule has 2 aliphatic heterocycles. The first-order valence-electron chi connectivity index (χ1n) is 28.0. The molecule has 0 unspecified atom stereocenters. The molecule has 4 aromatic carbocycles. The SMILES string of the molecule is CCC(C)(C)C(=O)C(=O)N1CCCC[C@H]1C(=O)O[C@H](CCc1ccc(OC)c(OC)c1)c1cccc(NC(=O)CC(=O)Nc2cccc([C@@H](CCc3ccc(OC)c(OC)c3)OC(=O)[C@@H]3CCCCN3C(=O)C(=O)C(C)(C)CC)c2)c1. The van der Waals surface area contributed by atoms with Crippen LogP contribution in [0.3, 0.4) is 0 Å². The highest BCUT2D eigenvalue weighted by atomic mass is 16.6. The Balaban J connectivity index is 1.18. The van der Waals surface area contributed by atoms with Gasteiger partial charge in [0, 0.05) is 35.3 Å².